The van der Waals surface area contributed by atoms with E-state index in [1.165, 1.54) is 11.1 Å². The summed E-state index contributed by atoms with van der Waals surface area (Å²) in [4.78, 5) is 12.4. The molecule has 1 atom stereocenters. The fourth-order valence-corrected chi connectivity index (χ4v) is 2.57. The first-order chi connectivity index (χ1) is 10.3. The number of anilines is 1. The molecule has 3 rings (SSSR count). The van der Waals surface area contributed by atoms with E-state index >= 15 is 0 Å². The van der Waals surface area contributed by atoms with Crippen LogP contribution in [0.1, 0.15) is 11.1 Å². The lowest BCUT2D eigenvalue weighted by Crippen LogP contribution is -2.44. The summed E-state index contributed by atoms with van der Waals surface area (Å²) in [6.45, 7) is 0.729. The lowest BCUT2D eigenvalue weighted by Gasteiger charge is -2.25. The molecular formula is C17H18N2O2. The first kappa shape index (κ1) is 13.6. The second-order valence-electron chi connectivity index (χ2n) is 5.13. The van der Waals surface area contributed by atoms with Crippen LogP contribution in [0.5, 0.6) is 5.75 Å². The molecule has 0 aromatic heterocycles. The molecule has 1 amide bonds. The number of amides is 1. The summed E-state index contributed by atoms with van der Waals surface area (Å²) in [5.41, 5.74) is 3.25. The van der Waals surface area contributed by atoms with Crippen LogP contribution >= 0.6 is 0 Å². The first-order valence-corrected chi connectivity index (χ1v) is 7.01. The van der Waals surface area contributed by atoms with E-state index in [0.29, 0.717) is 6.42 Å². The highest BCUT2D eigenvalue weighted by atomic mass is 16.5. The number of benzene rings is 2. The molecule has 0 radical (unpaired) electrons. The molecule has 2 aromatic carbocycles. The van der Waals surface area contributed by atoms with E-state index in [1.54, 1.807) is 7.11 Å². The van der Waals surface area contributed by atoms with E-state index in [2.05, 4.69) is 22.8 Å². The molecule has 1 aliphatic rings. The summed E-state index contributed by atoms with van der Waals surface area (Å²) in [7, 11) is 1.61. The Hall–Kier alpha value is -2.33. The third-order valence-corrected chi connectivity index (χ3v) is 3.74. The van der Waals surface area contributed by atoms with Gasteiger partial charge in [0.15, 0.2) is 0 Å². The summed E-state index contributed by atoms with van der Waals surface area (Å²) in [6, 6.07) is 15.4. The van der Waals surface area contributed by atoms with Crippen LogP contribution in [-0.2, 0) is 17.8 Å². The van der Waals surface area contributed by atoms with Crippen molar-refractivity contribution in [3.05, 3.63) is 59.7 Å². The van der Waals surface area contributed by atoms with E-state index in [-0.39, 0.29) is 11.9 Å². The van der Waals surface area contributed by atoms with Gasteiger partial charge in [-0.3, -0.25) is 4.79 Å². The van der Waals surface area contributed by atoms with Crippen molar-refractivity contribution >= 4 is 11.6 Å². The van der Waals surface area contributed by atoms with Gasteiger partial charge in [-0.15, -0.1) is 0 Å². The predicted molar refractivity (Wildman–Crippen MR) is 82.4 cm³/mol. The van der Waals surface area contributed by atoms with Crippen LogP contribution in [0.2, 0.25) is 0 Å². The van der Waals surface area contributed by atoms with Gasteiger partial charge in [0.05, 0.1) is 13.2 Å². The molecule has 0 unspecified atom stereocenters. The molecule has 0 saturated heterocycles. The van der Waals surface area contributed by atoms with Crippen LogP contribution in [-0.4, -0.2) is 19.1 Å². The number of fused-ring (bicyclic) bond motifs is 1. The van der Waals surface area contributed by atoms with Gasteiger partial charge in [-0.05, 0) is 29.7 Å². The zero-order valence-electron chi connectivity index (χ0n) is 11.9. The van der Waals surface area contributed by atoms with Gasteiger partial charge in [0, 0.05) is 18.3 Å². The van der Waals surface area contributed by atoms with E-state index in [4.69, 9.17) is 4.74 Å². The Bertz CT molecular complexity index is 655. The molecular weight excluding hydrogens is 264 g/mol. The van der Waals surface area contributed by atoms with Gasteiger partial charge in [-0.1, -0.05) is 30.3 Å². The van der Waals surface area contributed by atoms with Gasteiger partial charge < -0.3 is 15.4 Å². The normalized spacial score (nSPS) is 16.9. The Labute approximate surface area is 124 Å². The number of rotatable bonds is 3. The highest BCUT2D eigenvalue weighted by Crippen LogP contribution is 2.19. The number of carbonyl (C=O) groups excluding carboxylic acids is 1. The number of nitrogens with one attached hydrogen (secondary N) is 2. The van der Waals surface area contributed by atoms with Crippen molar-refractivity contribution in [2.24, 2.45) is 0 Å². The second-order valence-corrected chi connectivity index (χ2v) is 5.13. The zero-order chi connectivity index (χ0) is 14.7. The van der Waals surface area contributed by atoms with E-state index < -0.39 is 0 Å². The molecule has 0 bridgehead atoms. The van der Waals surface area contributed by atoms with E-state index in [9.17, 15) is 4.79 Å². The Balaban J connectivity index is 1.69. The molecule has 0 saturated carbocycles. The number of methoxy groups -OCH3 is 1. The minimum atomic E-state index is -0.203. The lowest BCUT2D eigenvalue weighted by atomic mass is 9.95. The zero-order valence-corrected chi connectivity index (χ0v) is 11.9. The van der Waals surface area contributed by atoms with Gasteiger partial charge >= 0.3 is 0 Å². The predicted octanol–water partition coefficient (Wildman–Crippen LogP) is 2.35. The molecule has 4 heteroatoms. The Morgan fingerprint density at radius 2 is 2.00 bits per heavy atom. The monoisotopic (exact) mass is 282 g/mol. The van der Waals surface area contributed by atoms with E-state index in [1.807, 2.05) is 36.4 Å². The van der Waals surface area contributed by atoms with Crippen LogP contribution in [0.25, 0.3) is 0 Å². The maximum atomic E-state index is 12.4. The van der Waals surface area contributed by atoms with Gasteiger partial charge in [-0.2, -0.15) is 0 Å². The van der Waals surface area contributed by atoms with Crippen LogP contribution in [0.4, 0.5) is 5.69 Å². The van der Waals surface area contributed by atoms with Crippen molar-refractivity contribution in [2.75, 3.05) is 12.4 Å². The minimum Gasteiger partial charge on any atom is -0.497 e. The molecule has 21 heavy (non-hydrogen) atoms. The average molecular weight is 282 g/mol. The molecule has 0 aliphatic carbocycles. The topological polar surface area (TPSA) is 50.4 Å². The highest BCUT2D eigenvalue weighted by Gasteiger charge is 2.23. The Morgan fingerprint density at radius 3 is 2.81 bits per heavy atom. The summed E-state index contributed by atoms with van der Waals surface area (Å²) in [6.07, 6.45) is 0.714. The first-order valence-electron chi connectivity index (χ1n) is 7.01. The van der Waals surface area contributed by atoms with Gasteiger partial charge in [0.2, 0.25) is 5.91 Å². The molecule has 1 aliphatic heterocycles. The van der Waals surface area contributed by atoms with Crippen molar-refractivity contribution in [3.63, 3.8) is 0 Å². The van der Waals surface area contributed by atoms with Gasteiger partial charge in [0.25, 0.3) is 0 Å². The highest BCUT2D eigenvalue weighted by molar-refractivity contribution is 5.95. The number of hydrogen-bond donors (Lipinski definition) is 2. The van der Waals surface area contributed by atoms with Crippen molar-refractivity contribution in [3.8, 4) is 5.75 Å². The third-order valence-electron chi connectivity index (χ3n) is 3.74. The van der Waals surface area contributed by atoms with Crippen molar-refractivity contribution in [2.45, 2.75) is 19.0 Å². The molecule has 0 spiro atoms. The van der Waals surface area contributed by atoms with Crippen LogP contribution in [0.3, 0.4) is 0 Å². The number of carbonyl (C=O) groups is 1. The maximum absolute atomic E-state index is 12.4. The van der Waals surface area contributed by atoms with Crippen molar-refractivity contribution < 1.29 is 9.53 Å². The SMILES string of the molecule is COc1cccc(NC(=O)[C@@H]2Cc3ccccc3CN2)c1. The average Bonchev–Trinajstić information content (AvgIpc) is 2.54. The Morgan fingerprint density at radius 1 is 1.19 bits per heavy atom. The molecule has 2 aromatic rings. The van der Waals surface area contributed by atoms with Crippen LogP contribution in [0.15, 0.2) is 48.5 Å². The molecule has 2 N–H and O–H groups in total. The van der Waals surface area contributed by atoms with E-state index in [0.717, 1.165) is 18.0 Å². The molecule has 4 nitrogen and oxygen atoms in total. The third kappa shape index (κ3) is 3.06. The van der Waals surface area contributed by atoms with Crippen molar-refractivity contribution in [1.82, 2.24) is 5.32 Å². The summed E-state index contributed by atoms with van der Waals surface area (Å²) < 4.78 is 5.16. The molecule has 108 valence electrons. The number of ether oxygens (including phenoxy) is 1. The lowest BCUT2D eigenvalue weighted by molar-refractivity contribution is -0.118. The fourth-order valence-electron chi connectivity index (χ4n) is 2.57. The van der Waals surface area contributed by atoms with Gasteiger partial charge in [-0.25, -0.2) is 0 Å². The fraction of sp³-hybridized carbons (Fsp3) is 0.235. The minimum absolute atomic E-state index is 0.0160. The largest absolute Gasteiger partial charge is 0.497 e. The smallest absolute Gasteiger partial charge is 0.241 e. The summed E-state index contributed by atoms with van der Waals surface area (Å²) in [5, 5.41) is 6.22. The van der Waals surface area contributed by atoms with Crippen LogP contribution < -0.4 is 15.4 Å². The standard InChI is InChI=1S/C17H18N2O2/c1-21-15-8-4-7-14(10-15)19-17(20)16-9-12-5-2-3-6-13(12)11-18-16/h2-8,10,16,18H,9,11H2,1H3,(H,19,20)/t16-/m0/s1. The molecule has 1 heterocycles. The maximum Gasteiger partial charge on any atom is 0.241 e. The quantitative estimate of drug-likeness (QED) is 0.908. The Kier molecular flexibility index (Phi) is 3.88. The summed E-state index contributed by atoms with van der Waals surface area (Å²) in [5.74, 6) is 0.715. The molecule has 0 fully saturated rings. The number of hydrogen-bond acceptors (Lipinski definition) is 3. The van der Waals surface area contributed by atoms with Crippen LogP contribution in [0, 0.1) is 0 Å². The summed E-state index contributed by atoms with van der Waals surface area (Å²) >= 11 is 0. The van der Waals surface area contributed by atoms with Gasteiger partial charge in [0.1, 0.15) is 5.75 Å². The van der Waals surface area contributed by atoms with Crippen molar-refractivity contribution in [1.29, 1.82) is 0 Å². The second kappa shape index (κ2) is 5.97.